The van der Waals surface area contributed by atoms with Gasteiger partial charge in [0.15, 0.2) is 0 Å². The third kappa shape index (κ3) is 1.91. The van der Waals surface area contributed by atoms with E-state index in [2.05, 4.69) is 0 Å². The number of hydrogen-bond acceptors (Lipinski definition) is 0. The molecule has 0 bridgehead atoms. The molecule has 64 valence electrons. The van der Waals surface area contributed by atoms with Gasteiger partial charge in [0, 0.05) is 12.0 Å². The normalized spacial score (nSPS) is 25.4. The molecule has 0 heterocycles. The molecule has 0 spiro atoms. The SMILES string of the molecule is FC1=C(CC(F)(F)F)[C@H](F)C1. The third-order valence-electron chi connectivity index (χ3n) is 1.48. The lowest BCUT2D eigenvalue weighted by atomic mass is 9.92. The van der Waals surface area contributed by atoms with E-state index in [-0.39, 0.29) is 0 Å². The van der Waals surface area contributed by atoms with Gasteiger partial charge in [0.2, 0.25) is 0 Å². The van der Waals surface area contributed by atoms with E-state index in [9.17, 15) is 22.0 Å². The Labute approximate surface area is 59.7 Å². The average Bonchev–Trinajstić information content (AvgIpc) is 1.83. The molecule has 0 aromatic rings. The van der Waals surface area contributed by atoms with Crippen LogP contribution in [0.15, 0.2) is 11.4 Å². The summed E-state index contributed by atoms with van der Waals surface area (Å²) in [6.07, 6.45) is -8.18. The van der Waals surface area contributed by atoms with Crippen molar-refractivity contribution >= 4 is 0 Å². The second kappa shape index (κ2) is 2.46. The average molecular weight is 172 g/mol. The van der Waals surface area contributed by atoms with Gasteiger partial charge in [0.25, 0.3) is 0 Å². The van der Waals surface area contributed by atoms with Gasteiger partial charge in [-0.2, -0.15) is 13.2 Å². The highest BCUT2D eigenvalue weighted by Crippen LogP contribution is 2.39. The highest BCUT2D eigenvalue weighted by Gasteiger charge is 2.39. The van der Waals surface area contributed by atoms with Crippen LogP contribution in [-0.4, -0.2) is 12.3 Å². The van der Waals surface area contributed by atoms with Crippen molar-refractivity contribution in [1.82, 2.24) is 0 Å². The van der Waals surface area contributed by atoms with Crippen LogP contribution >= 0.6 is 0 Å². The van der Waals surface area contributed by atoms with Crippen LogP contribution in [0.1, 0.15) is 12.8 Å². The molecule has 0 nitrogen and oxygen atoms in total. The van der Waals surface area contributed by atoms with Crippen molar-refractivity contribution in [3.8, 4) is 0 Å². The van der Waals surface area contributed by atoms with Crippen molar-refractivity contribution in [2.75, 3.05) is 0 Å². The molecule has 0 N–H and O–H groups in total. The van der Waals surface area contributed by atoms with Crippen molar-refractivity contribution in [2.24, 2.45) is 0 Å². The summed E-state index contributed by atoms with van der Waals surface area (Å²) < 4.78 is 58.8. The van der Waals surface area contributed by atoms with Crippen molar-refractivity contribution in [2.45, 2.75) is 25.2 Å². The molecular formula is C6H5F5. The number of rotatable bonds is 1. The molecule has 1 aliphatic rings. The second-order valence-electron chi connectivity index (χ2n) is 2.39. The largest absolute Gasteiger partial charge is 0.392 e. The Morgan fingerprint density at radius 1 is 1.36 bits per heavy atom. The van der Waals surface area contributed by atoms with Crippen LogP contribution in [0.3, 0.4) is 0 Å². The van der Waals surface area contributed by atoms with E-state index in [0.717, 1.165) is 0 Å². The fourth-order valence-corrected chi connectivity index (χ4v) is 0.873. The molecule has 0 aliphatic heterocycles. The molecule has 0 aromatic carbocycles. The Hall–Kier alpha value is -0.610. The first kappa shape index (κ1) is 8.49. The highest BCUT2D eigenvalue weighted by molar-refractivity contribution is 5.25. The summed E-state index contributed by atoms with van der Waals surface area (Å²) in [5.41, 5.74) is -0.738. The van der Waals surface area contributed by atoms with Gasteiger partial charge in [-0.05, 0) is 0 Å². The van der Waals surface area contributed by atoms with E-state index in [1.165, 1.54) is 0 Å². The predicted molar refractivity (Wildman–Crippen MR) is 28.3 cm³/mol. The molecule has 5 heteroatoms. The Balaban J connectivity index is 2.57. The van der Waals surface area contributed by atoms with Crippen LogP contribution < -0.4 is 0 Å². The first-order valence-electron chi connectivity index (χ1n) is 2.98. The van der Waals surface area contributed by atoms with Crippen LogP contribution in [0.4, 0.5) is 22.0 Å². The fourth-order valence-electron chi connectivity index (χ4n) is 0.873. The van der Waals surface area contributed by atoms with Crippen LogP contribution in [0.25, 0.3) is 0 Å². The number of halogens is 5. The van der Waals surface area contributed by atoms with Gasteiger partial charge in [0.05, 0.1) is 6.42 Å². The molecule has 1 aliphatic carbocycles. The first-order chi connectivity index (χ1) is 4.90. The minimum absolute atomic E-state index is 0.495. The molecule has 1 rings (SSSR count). The summed E-state index contributed by atoms with van der Waals surface area (Å²) in [7, 11) is 0. The number of hydrogen-bond donors (Lipinski definition) is 0. The third-order valence-corrected chi connectivity index (χ3v) is 1.48. The zero-order valence-corrected chi connectivity index (χ0v) is 5.38. The first-order valence-corrected chi connectivity index (χ1v) is 2.98. The molecule has 1 atom stereocenters. The summed E-state index contributed by atoms with van der Waals surface area (Å²) in [5, 5.41) is 0. The van der Waals surface area contributed by atoms with Gasteiger partial charge in [-0.15, -0.1) is 0 Å². The standard InChI is InChI=1S/C6H5F5/c7-4-1-5(8)3(4)2-6(9,10)11/h4H,1-2H2/t4-/m1/s1. The van der Waals surface area contributed by atoms with Crippen LogP contribution in [-0.2, 0) is 0 Å². The fraction of sp³-hybridized carbons (Fsp3) is 0.667. The van der Waals surface area contributed by atoms with Crippen molar-refractivity contribution in [3.63, 3.8) is 0 Å². The monoisotopic (exact) mass is 172 g/mol. The maximum absolute atomic E-state index is 12.2. The van der Waals surface area contributed by atoms with E-state index < -0.39 is 36.6 Å². The van der Waals surface area contributed by atoms with Gasteiger partial charge in [-0.1, -0.05) is 0 Å². The molecule has 11 heavy (non-hydrogen) atoms. The minimum atomic E-state index is -4.50. The van der Waals surface area contributed by atoms with Crippen molar-refractivity contribution < 1.29 is 22.0 Å². The lowest BCUT2D eigenvalue weighted by molar-refractivity contribution is -0.130. The molecular weight excluding hydrogens is 167 g/mol. The smallest absolute Gasteiger partial charge is 0.242 e. The highest BCUT2D eigenvalue weighted by atomic mass is 19.4. The number of alkyl halides is 4. The van der Waals surface area contributed by atoms with E-state index in [0.29, 0.717) is 0 Å². The molecule has 0 fully saturated rings. The van der Waals surface area contributed by atoms with Gasteiger partial charge < -0.3 is 0 Å². The maximum Gasteiger partial charge on any atom is 0.392 e. The van der Waals surface area contributed by atoms with Gasteiger partial charge in [-0.3, -0.25) is 0 Å². The Morgan fingerprint density at radius 3 is 2.09 bits per heavy atom. The van der Waals surface area contributed by atoms with E-state index in [1.807, 2.05) is 0 Å². The number of allylic oxidation sites excluding steroid dienone is 2. The Bertz CT molecular complexity index is 190. The Kier molecular flexibility index (Phi) is 1.90. The predicted octanol–water partition coefficient (Wildman–Crippen LogP) is 2.90. The van der Waals surface area contributed by atoms with Crippen molar-refractivity contribution in [3.05, 3.63) is 11.4 Å². The summed E-state index contributed by atoms with van der Waals surface area (Å²) >= 11 is 0. The zero-order chi connectivity index (χ0) is 8.65. The molecule has 0 unspecified atom stereocenters. The Morgan fingerprint density at radius 2 is 1.91 bits per heavy atom. The van der Waals surface area contributed by atoms with Crippen LogP contribution in [0.2, 0.25) is 0 Å². The van der Waals surface area contributed by atoms with Gasteiger partial charge in [0.1, 0.15) is 12.0 Å². The van der Waals surface area contributed by atoms with E-state index >= 15 is 0 Å². The van der Waals surface area contributed by atoms with Crippen LogP contribution in [0, 0.1) is 0 Å². The van der Waals surface area contributed by atoms with E-state index in [1.54, 1.807) is 0 Å². The lowest BCUT2D eigenvalue weighted by Crippen LogP contribution is -2.23. The van der Waals surface area contributed by atoms with Crippen LogP contribution in [0.5, 0.6) is 0 Å². The molecule has 0 saturated carbocycles. The molecule has 0 saturated heterocycles. The molecule has 0 amide bonds. The lowest BCUT2D eigenvalue weighted by Gasteiger charge is -2.23. The van der Waals surface area contributed by atoms with Gasteiger partial charge in [-0.25, -0.2) is 8.78 Å². The zero-order valence-electron chi connectivity index (χ0n) is 5.38. The van der Waals surface area contributed by atoms with Crippen molar-refractivity contribution in [1.29, 1.82) is 0 Å². The molecule has 0 radical (unpaired) electrons. The maximum atomic E-state index is 12.2. The summed E-state index contributed by atoms with van der Waals surface area (Å²) in [5.74, 6) is -0.949. The van der Waals surface area contributed by atoms with E-state index in [4.69, 9.17) is 0 Å². The molecule has 0 aromatic heterocycles. The van der Waals surface area contributed by atoms with Gasteiger partial charge >= 0.3 is 6.18 Å². The second-order valence-corrected chi connectivity index (χ2v) is 2.39. The summed E-state index contributed by atoms with van der Waals surface area (Å²) in [6, 6.07) is 0. The topological polar surface area (TPSA) is 0 Å². The summed E-state index contributed by atoms with van der Waals surface area (Å²) in [4.78, 5) is 0. The minimum Gasteiger partial charge on any atom is -0.242 e. The quantitative estimate of drug-likeness (QED) is 0.533. The summed E-state index contributed by atoms with van der Waals surface area (Å²) in [6.45, 7) is 0.